The number of carbonyl (C=O) groups is 2. The molecule has 0 radical (unpaired) electrons. The number of piperazine rings is 1. The molecule has 1 saturated heterocycles. The number of carbonyl (C=O) groups excluding carboxylic acids is 2. The Morgan fingerprint density at radius 1 is 1.00 bits per heavy atom. The molecule has 1 N–H and O–H groups in total. The lowest BCUT2D eigenvalue weighted by Gasteiger charge is -2.37. The van der Waals surface area contributed by atoms with Crippen LogP contribution in [0.5, 0.6) is 5.75 Å². The van der Waals surface area contributed by atoms with Crippen molar-refractivity contribution in [2.45, 2.75) is 12.5 Å². The number of ether oxygens (including phenoxy) is 1. The number of aliphatic hydroxyl groups excluding tert-OH is 1. The average Bonchev–Trinajstić information content (AvgIpc) is 3.03. The molecule has 0 bridgehead atoms. The fourth-order valence-electron chi connectivity index (χ4n) is 4.18. The van der Waals surface area contributed by atoms with Crippen LogP contribution in [-0.2, 0) is 0 Å². The predicted molar refractivity (Wildman–Crippen MR) is 114 cm³/mol. The van der Waals surface area contributed by atoms with Crippen LogP contribution in [-0.4, -0.2) is 79.2 Å². The highest BCUT2D eigenvalue weighted by molar-refractivity contribution is 6.21. The number of fused-ring (bicyclic) bond motifs is 1. The van der Waals surface area contributed by atoms with Crippen molar-refractivity contribution in [1.82, 2.24) is 9.80 Å². The molecule has 2 aliphatic heterocycles. The molecule has 0 aromatic heterocycles. The van der Waals surface area contributed by atoms with E-state index in [2.05, 4.69) is 4.90 Å². The van der Waals surface area contributed by atoms with Crippen LogP contribution in [0.2, 0.25) is 0 Å². The molecule has 1 fully saturated rings. The van der Waals surface area contributed by atoms with Gasteiger partial charge >= 0.3 is 0 Å². The number of hydrogen-bond acceptors (Lipinski definition) is 6. The number of nitrogens with zero attached hydrogens (tertiary/aromatic N) is 3. The number of aliphatic hydroxyl groups is 1. The largest absolute Gasteiger partial charge is 0.494 e. The molecule has 2 amide bonds. The maximum atomic E-state index is 14.5. The fraction of sp³-hybridized carbons (Fsp3) is 0.391. The third kappa shape index (κ3) is 4.26. The molecule has 7 nitrogen and oxygen atoms in total. The first kappa shape index (κ1) is 21.3. The van der Waals surface area contributed by atoms with E-state index in [1.54, 1.807) is 42.5 Å². The molecule has 2 aromatic rings. The lowest BCUT2D eigenvalue weighted by Crippen LogP contribution is -2.49. The normalized spacial score (nSPS) is 17.8. The van der Waals surface area contributed by atoms with Gasteiger partial charge in [-0.05, 0) is 30.7 Å². The van der Waals surface area contributed by atoms with Gasteiger partial charge in [-0.3, -0.25) is 19.4 Å². The van der Waals surface area contributed by atoms with E-state index in [1.165, 1.54) is 12.0 Å². The van der Waals surface area contributed by atoms with E-state index >= 15 is 0 Å². The zero-order valence-corrected chi connectivity index (χ0v) is 17.5. The SMILES string of the molecule is COc1cccc(N2CCN(CC(O)CCN3C(=O)c4ccccc4C3=O)CC2)c1F. The van der Waals surface area contributed by atoms with Crippen molar-refractivity contribution in [3.05, 3.63) is 59.4 Å². The molecule has 164 valence electrons. The van der Waals surface area contributed by atoms with Gasteiger partial charge in [-0.15, -0.1) is 0 Å². The molecule has 2 aromatic carbocycles. The molecule has 2 aliphatic rings. The van der Waals surface area contributed by atoms with Crippen molar-refractivity contribution in [2.24, 2.45) is 0 Å². The van der Waals surface area contributed by atoms with Crippen LogP contribution in [0.3, 0.4) is 0 Å². The van der Waals surface area contributed by atoms with Crippen LogP contribution in [0.1, 0.15) is 27.1 Å². The number of hydrogen-bond donors (Lipinski definition) is 1. The Morgan fingerprint density at radius 2 is 1.65 bits per heavy atom. The summed E-state index contributed by atoms with van der Waals surface area (Å²) < 4.78 is 19.6. The summed E-state index contributed by atoms with van der Waals surface area (Å²) in [5.41, 5.74) is 1.36. The highest BCUT2D eigenvalue weighted by Crippen LogP contribution is 2.28. The molecular weight excluding hydrogens is 401 g/mol. The van der Waals surface area contributed by atoms with Crippen molar-refractivity contribution >= 4 is 17.5 Å². The number of methoxy groups -OCH3 is 1. The minimum atomic E-state index is -0.663. The second kappa shape index (κ2) is 9.03. The van der Waals surface area contributed by atoms with Gasteiger partial charge in [0.1, 0.15) is 0 Å². The molecule has 4 rings (SSSR count). The van der Waals surface area contributed by atoms with Crippen LogP contribution in [0.15, 0.2) is 42.5 Å². The van der Waals surface area contributed by atoms with Crippen LogP contribution >= 0.6 is 0 Å². The first-order valence-corrected chi connectivity index (χ1v) is 10.4. The van der Waals surface area contributed by atoms with Gasteiger partial charge in [0, 0.05) is 39.3 Å². The third-order valence-electron chi connectivity index (χ3n) is 5.91. The number of halogens is 1. The summed E-state index contributed by atoms with van der Waals surface area (Å²) in [6, 6.07) is 11.9. The first-order valence-electron chi connectivity index (χ1n) is 10.4. The summed E-state index contributed by atoms with van der Waals surface area (Å²) in [5, 5.41) is 10.5. The van der Waals surface area contributed by atoms with Gasteiger partial charge < -0.3 is 14.7 Å². The highest BCUT2D eigenvalue weighted by Gasteiger charge is 2.35. The molecule has 0 aliphatic carbocycles. The minimum Gasteiger partial charge on any atom is -0.494 e. The second-order valence-electron chi connectivity index (χ2n) is 7.83. The van der Waals surface area contributed by atoms with Crippen LogP contribution in [0, 0.1) is 5.82 Å². The van der Waals surface area contributed by atoms with Gasteiger partial charge in [0.2, 0.25) is 0 Å². The smallest absolute Gasteiger partial charge is 0.261 e. The number of anilines is 1. The van der Waals surface area contributed by atoms with E-state index in [-0.39, 0.29) is 29.9 Å². The zero-order chi connectivity index (χ0) is 22.0. The second-order valence-corrected chi connectivity index (χ2v) is 7.83. The molecule has 1 atom stereocenters. The van der Waals surface area contributed by atoms with Crippen molar-refractivity contribution in [1.29, 1.82) is 0 Å². The van der Waals surface area contributed by atoms with Gasteiger partial charge in [0.15, 0.2) is 11.6 Å². The average molecular weight is 427 g/mol. The van der Waals surface area contributed by atoms with Crippen molar-refractivity contribution in [3.63, 3.8) is 0 Å². The number of β-amino-alcohol motifs (C(OH)–C–C–N with tert-alkyl or cyclic N) is 1. The minimum absolute atomic E-state index is 0.183. The van der Waals surface area contributed by atoms with Crippen molar-refractivity contribution in [2.75, 3.05) is 51.3 Å². The van der Waals surface area contributed by atoms with E-state index in [0.717, 1.165) is 0 Å². The first-order chi connectivity index (χ1) is 15.0. The number of benzene rings is 2. The Balaban J connectivity index is 1.26. The van der Waals surface area contributed by atoms with Crippen LogP contribution < -0.4 is 9.64 Å². The van der Waals surface area contributed by atoms with E-state index in [1.807, 2.05) is 4.90 Å². The Kier molecular flexibility index (Phi) is 6.20. The Labute approximate surface area is 180 Å². The lowest BCUT2D eigenvalue weighted by molar-refractivity contribution is 0.0590. The highest BCUT2D eigenvalue weighted by atomic mass is 19.1. The Bertz CT molecular complexity index is 940. The van der Waals surface area contributed by atoms with Gasteiger partial charge in [0.25, 0.3) is 11.8 Å². The van der Waals surface area contributed by atoms with Gasteiger partial charge in [0.05, 0.1) is 30.0 Å². The summed E-state index contributed by atoms with van der Waals surface area (Å²) in [6.07, 6.45) is -0.347. The topological polar surface area (TPSA) is 73.3 Å². The maximum absolute atomic E-state index is 14.5. The fourth-order valence-corrected chi connectivity index (χ4v) is 4.18. The molecular formula is C23H26FN3O4. The molecule has 2 heterocycles. The monoisotopic (exact) mass is 427 g/mol. The summed E-state index contributed by atoms with van der Waals surface area (Å²) in [5.74, 6) is -0.744. The van der Waals surface area contributed by atoms with Crippen molar-refractivity contribution < 1.29 is 23.8 Å². The summed E-state index contributed by atoms with van der Waals surface area (Å²) >= 11 is 0. The van der Waals surface area contributed by atoms with Gasteiger partial charge in [-0.1, -0.05) is 18.2 Å². The molecule has 31 heavy (non-hydrogen) atoms. The quantitative estimate of drug-likeness (QED) is 0.682. The number of imide groups is 1. The van der Waals surface area contributed by atoms with E-state index in [9.17, 15) is 19.1 Å². The van der Waals surface area contributed by atoms with Gasteiger partial charge in [-0.25, -0.2) is 4.39 Å². The van der Waals surface area contributed by atoms with Crippen molar-refractivity contribution in [3.8, 4) is 5.75 Å². The molecule has 0 spiro atoms. The predicted octanol–water partition coefficient (Wildman–Crippen LogP) is 2.00. The molecule has 8 heteroatoms. The van der Waals surface area contributed by atoms with E-state index < -0.39 is 6.10 Å². The van der Waals surface area contributed by atoms with E-state index in [0.29, 0.717) is 56.0 Å². The molecule has 0 saturated carbocycles. The Morgan fingerprint density at radius 3 is 2.26 bits per heavy atom. The van der Waals surface area contributed by atoms with Gasteiger partial charge in [-0.2, -0.15) is 0 Å². The molecule has 1 unspecified atom stereocenters. The number of amides is 2. The Hall–Kier alpha value is -2.97. The standard InChI is InChI=1S/C23H26FN3O4/c1-31-20-8-4-7-19(21(20)24)26-13-11-25(12-14-26)15-16(28)9-10-27-22(29)17-5-2-3-6-18(17)23(27)30/h2-8,16,28H,9-15H2,1H3. The third-order valence-corrected chi connectivity index (χ3v) is 5.91. The van der Waals surface area contributed by atoms with Crippen LogP contribution in [0.25, 0.3) is 0 Å². The van der Waals surface area contributed by atoms with Crippen LogP contribution in [0.4, 0.5) is 10.1 Å². The summed E-state index contributed by atoms with van der Waals surface area (Å²) in [7, 11) is 1.45. The summed E-state index contributed by atoms with van der Waals surface area (Å²) in [6.45, 7) is 3.26. The maximum Gasteiger partial charge on any atom is 0.261 e. The van der Waals surface area contributed by atoms with E-state index in [4.69, 9.17) is 4.74 Å². The summed E-state index contributed by atoms with van der Waals surface area (Å²) in [4.78, 5) is 30.1. The lowest BCUT2D eigenvalue weighted by atomic mass is 10.1. The number of rotatable bonds is 7. The zero-order valence-electron chi connectivity index (χ0n) is 17.5.